The molecule has 9 heteroatoms. The highest BCUT2D eigenvalue weighted by molar-refractivity contribution is 6.33. The van der Waals surface area contributed by atoms with Gasteiger partial charge in [0.1, 0.15) is 25.6 Å². The van der Waals surface area contributed by atoms with Gasteiger partial charge in [-0.1, -0.05) is 35.9 Å². The largest absolute Gasteiger partial charge is 0.542 e. The summed E-state index contributed by atoms with van der Waals surface area (Å²) >= 11 is 6.79. The Balaban J connectivity index is 0.000000429. The van der Waals surface area contributed by atoms with E-state index < -0.39 is 12.1 Å². The number of anilines is 1. The number of aryl methyl sites for hydroxylation is 1. The second kappa shape index (κ2) is 10.00. The van der Waals surface area contributed by atoms with Crippen LogP contribution in [0.25, 0.3) is 33.4 Å². The molecule has 0 radical (unpaired) electrons. The van der Waals surface area contributed by atoms with Crippen molar-refractivity contribution in [2.75, 3.05) is 33.1 Å². The van der Waals surface area contributed by atoms with Crippen LogP contribution in [0.4, 0.5) is 18.9 Å². The maximum absolute atomic E-state index is 10.5. The molecule has 2 aromatic rings. The van der Waals surface area contributed by atoms with Crippen molar-refractivity contribution >= 4 is 34.2 Å². The maximum Gasteiger partial charge on any atom is 0.430 e. The normalized spacial score (nSPS) is 11.2. The first-order chi connectivity index (χ1) is 16.3. The van der Waals surface area contributed by atoms with Gasteiger partial charge in [0.25, 0.3) is 0 Å². The highest BCUT2D eigenvalue weighted by Gasteiger charge is 2.29. The number of carbonyl (C=O) groups is 1. The van der Waals surface area contributed by atoms with E-state index >= 15 is 0 Å². The lowest BCUT2D eigenvalue weighted by atomic mass is 9.91. The van der Waals surface area contributed by atoms with Crippen molar-refractivity contribution in [3.8, 4) is 22.5 Å². The number of carbonyl (C=O) groups excluding carboxylic acids is 1. The maximum atomic E-state index is 10.5. The molecule has 0 spiro atoms. The Morgan fingerprint density at radius 1 is 1.03 bits per heavy atom. The van der Waals surface area contributed by atoms with Gasteiger partial charge in [-0.2, -0.15) is 13.2 Å². The third kappa shape index (κ3) is 5.43. The average Bonchev–Trinajstić information content (AvgIpc) is 2.78. The van der Waals surface area contributed by atoms with Gasteiger partial charge in [-0.3, -0.25) is 0 Å². The summed E-state index contributed by atoms with van der Waals surface area (Å²) in [6.07, 6.45) is -5.19. The summed E-state index contributed by atoms with van der Waals surface area (Å²) < 4.78 is 39.9. The number of halogens is 4. The number of aliphatic carboxylic acids is 1. The van der Waals surface area contributed by atoms with E-state index in [4.69, 9.17) is 25.9 Å². The Morgan fingerprint density at radius 2 is 1.66 bits per heavy atom. The number of rotatable bonds is 2. The average molecular weight is 505 g/mol. The van der Waals surface area contributed by atoms with E-state index in [0.717, 1.165) is 38.9 Å². The Kier molecular flexibility index (Phi) is 7.45. The van der Waals surface area contributed by atoms with Crippen molar-refractivity contribution in [2.24, 2.45) is 0 Å². The van der Waals surface area contributed by atoms with Crippen LogP contribution in [0.2, 0.25) is 5.02 Å². The minimum Gasteiger partial charge on any atom is -0.542 e. The van der Waals surface area contributed by atoms with Crippen molar-refractivity contribution in [3.05, 3.63) is 70.5 Å². The minimum atomic E-state index is -5.19. The summed E-state index contributed by atoms with van der Waals surface area (Å²) in [6.45, 7) is 2.14. The zero-order chi connectivity index (χ0) is 26.1. The molecule has 2 aromatic carbocycles. The van der Waals surface area contributed by atoms with Crippen molar-refractivity contribution in [2.45, 2.75) is 13.1 Å². The van der Waals surface area contributed by atoms with Crippen LogP contribution in [0.3, 0.4) is 0 Å². The number of carboxylic acid groups (broad SMARTS) is 1. The predicted octanol–water partition coefficient (Wildman–Crippen LogP) is 4.56. The van der Waals surface area contributed by atoms with Gasteiger partial charge in [-0.25, -0.2) is 4.58 Å². The second-order valence-corrected chi connectivity index (χ2v) is 8.70. The first-order valence-electron chi connectivity index (χ1n) is 10.5. The summed E-state index contributed by atoms with van der Waals surface area (Å²) in [6, 6.07) is 19.0. The summed E-state index contributed by atoms with van der Waals surface area (Å²) in [5.74, 6) is -2.29. The summed E-state index contributed by atoms with van der Waals surface area (Å²) in [4.78, 5) is 10.9. The molecule has 2 aliphatic rings. The smallest absolute Gasteiger partial charge is 0.430 e. The quantitative estimate of drug-likeness (QED) is 0.296. The zero-order valence-corrected chi connectivity index (χ0v) is 20.6. The fourth-order valence-electron chi connectivity index (χ4n) is 3.67. The van der Waals surface area contributed by atoms with E-state index in [1.165, 1.54) is 11.1 Å². The van der Waals surface area contributed by atoms with Crippen LogP contribution >= 0.6 is 11.6 Å². The summed E-state index contributed by atoms with van der Waals surface area (Å²) in [5.41, 5.74) is 6.52. The SMILES string of the molecule is Cc1ccccc1-c1c2ccc(=[N+](C)C)c(Cl)c-2oc2cc(N(C)C)ccc12.O=C([O-])C(F)(F)F. The van der Waals surface area contributed by atoms with Gasteiger partial charge in [0.05, 0.1) is 0 Å². The lowest BCUT2D eigenvalue weighted by Crippen LogP contribution is -2.37. The Morgan fingerprint density at radius 3 is 2.20 bits per heavy atom. The number of benzene rings is 3. The lowest BCUT2D eigenvalue weighted by molar-refractivity contribution is -0.344. The van der Waals surface area contributed by atoms with E-state index in [9.17, 15) is 13.2 Å². The van der Waals surface area contributed by atoms with Crippen molar-refractivity contribution in [3.63, 3.8) is 0 Å². The topological polar surface area (TPSA) is 59.5 Å². The first-order valence-corrected chi connectivity index (χ1v) is 10.9. The third-order valence-electron chi connectivity index (χ3n) is 5.44. The number of nitrogens with zero attached hydrogens (tertiary/aromatic N) is 2. The van der Waals surface area contributed by atoms with Gasteiger partial charge >= 0.3 is 6.18 Å². The number of hydrogen-bond donors (Lipinski definition) is 0. The van der Waals surface area contributed by atoms with Crippen LogP contribution in [0, 0.1) is 6.92 Å². The molecule has 5 nitrogen and oxygen atoms in total. The Bertz CT molecular complexity index is 1440. The van der Waals surface area contributed by atoms with Crippen molar-refractivity contribution in [1.29, 1.82) is 0 Å². The highest BCUT2D eigenvalue weighted by Crippen LogP contribution is 2.43. The van der Waals surface area contributed by atoms with Crippen molar-refractivity contribution in [1.82, 2.24) is 4.58 Å². The number of hydrogen-bond acceptors (Lipinski definition) is 4. The molecule has 0 saturated heterocycles. The van der Waals surface area contributed by atoms with Gasteiger partial charge in [0.15, 0.2) is 10.8 Å². The van der Waals surface area contributed by atoms with Gasteiger partial charge in [-0.05, 0) is 36.2 Å². The number of fused-ring (bicyclic) bond motifs is 2. The summed E-state index contributed by atoms with van der Waals surface area (Å²) in [5, 5.41) is 11.4. The molecule has 0 aromatic heterocycles. The Hall–Kier alpha value is -3.52. The van der Waals surface area contributed by atoms with E-state index in [1.54, 1.807) is 0 Å². The van der Waals surface area contributed by atoms with Gasteiger partial charge < -0.3 is 19.2 Å². The van der Waals surface area contributed by atoms with Crippen LogP contribution in [-0.2, 0) is 4.79 Å². The lowest BCUT2D eigenvalue weighted by Gasteiger charge is -2.19. The standard InChI is InChI=1S/C24H24ClN2O.C2HF3O2/c1-15-8-6-7-9-17(15)22-18-11-10-16(26(2)3)14-21(18)28-24-19(22)12-13-20(23(24)25)27(4)5;3-2(4,5)1(6)7/h6-14H,1-5H3;(H,6,7)/q+1;/p-1. The molecular formula is C26H24ClF3N2O3. The van der Waals surface area contributed by atoms with Gasteiger partial charge in [-0.15, -0.1) is 0 Å². The monoisotopic (exact) mass is 504 g/mol. The first kappa shape index (κ1) is 26.1. The van der Waals surface area contributed by atoms with E-state index in [-0.39, 0.29) is 0 Å². The molecule has 1 aliphatic heterocycles. The molecule has 0 fully saturated rings. The van der Waals surface area contributed by atoms with Crippen LogP contribution < -0.4 is 19.9 Å². The van der Waals surface area contributed by atoms with Crippen molar-refractivity contribution < 1.29 is 27.5 Å². The minimum absolute atomic E-state index is 0.634. The third-order valence-corrected chi connectivity index (χ3v) is 5.80. The number of carboxylic acids is 1. The fraction of sp³-hybridized carbons (Fsp3) is 0.231. The molecule has 1 aliphatic carbocycles. The molecule has 0 amide bonds. The van der Waals surface area contributed by atoms with E-state index in [2.05, 4.69) is 66.4 Å². The molecule has 35 heavy (non-hydrogen) atoms. The highest BCUT2D eigenvalue weighted by atomic mass is 35.5. The van der Waals surface area contributed by atoms with Crippen LogP contribution in [0.5, 0.6) is 0 Å². The molecule has 0 unspecified atom stereocenters. The fourth-order valence-corrected chi connectivity index (χ4v) is 4.04. The van der Waals surface area contributed by atoms with Crippen LogP contribution in [0.1, 0.15) is 5.56 Å². The molecule has 184 valence electrons. The molecule has 1 heterocycles. The van der Waals surface area contributed by atoms with Gasteiger partial charge in [0, 0.05) is 48.4 Å². The molecular weight excluding hydrogens is 481 g/mol. The second-order valence-electron chi connectivity index (χ2n) is 8.32. The van der Waals surface area contributed by atoms with E-state index in [1.807, 2.05) is 32.8 Å². The zero-order valence-electron chi connectivity index (χ0n) is 19.8. The molecule has 0 atom stereocenters. The predicted molar refractivity (Wildman–Crippen MR) is 131 cm³/mol. The van der Waals surface area contributed by atoms with E-state index in [0.29, 0.717) is 5.02 Å². The van der Waals surface area contributed by atoms with Gasteiger partial charge in [0.2, 0.25) is 5.36 Å². The summed E-state index contributed by atoms with van der Waals surface area (Å²) in [7, 11) is 8.03. The molecule has 0 bridgehead atoms. The number of alkyl halides is 3. The molecule has 4 rings (SSSR count). The Labute approximate surface area is 205 Å². The van der Waals surface area contributed by atoms with Crippen LogP contribution in [-0.4, -0.2) is 40.3 Å². The molecule has 0 saturated carbocycles. The van der Waals surface area contributed by atoms with Crippen LogP contribution in [0.15, 0.2) is 59.0 Å². The molecule has 0 N–H and O–H groups in total.